The minimum atomic E-state index is -0.959. The molecule has 0 atom stereocenters. The van der Waals surface area contributed by atoms with Crippen molar-refractivity contribution in [1.82, 2.24) is 15.2 Å². The molecule has 2 amide bonds. The third kappa shape index (κ3) is 7.61. The molecule has 1 heterocycles. The molecular weight excluding hydrogens is 490 g/mol. The summed E-state index contributed by atoms with van der Waals surface area (Å²) < 4.78 is 0. The number of carboxylic acids is 1. The number of rotatable bonds is 12. The minimum Gasteiger partial charge on any atom is -0.481 e. The topological polar surface area (TPSA) is 99.6 Å². The van der Waals surface area contributed by atoms with Crippen LogP contribution in [0, 0.1) is 0 Å². The molecule has 4 rings (SSSR count). The van der Waals surface area contributed by atoms with E-state index in [1.807, 2.05) is 66.7 Å². The number of pyridine rings is 1. The number of carbonyl (C=O) groups excluding carboxylic acids is 2. The van der Waals surface area contributed by atoms with Gasteiger partial charge in [-0.25, -0.2) is 0 Å². The van der Waals surface area contributed by atoms with Gasteiger partial charge in [-0.15, -0.1) is 0 Å². The summed E-state index contributed by atoms with van der Waals surface area (Å²) in [4.78, 5) is 44.0. The van der Waals surface area contributed by atoms with Gasteiger partial charge in [-0.3, -0.25) is 19.4 Å². The van der Waals surface area contributed by atoms with Crippen LogP contribution in [-0.2, 0) is 17.8 Å². The molecule has 7 nitrogen and oxygen atoms in total. The lowest BCUT2D eigenvalue weighted by Gasteiger charge is -2.24. The van der Waals surface area contributed by atoms with Crippen LogP contribution in [-0.4, -0.2) is 45.9 Å². The second kappa shape index (κ2) is 13.7. The third-order valence-corrected chi connectivity index (χ3v) is 6.41. The van der Waals surface area contributed by atoms with Gasteiger partial charge in [0, 0.05) is 43.2 Å². The number of hydrogen-bond donors (Lipinski definition) is 2. The molecule has 0 spiro atoms. The zero-order chi connectivity index (χ0) is 27.5. The second-order valence-corrected chi connectivity index (χ2v) is 9.16. The van der Waals surface area contributed by atoms with Gasteiger partial charge in [0.1, 0.15) is 0 Å². The summed E-state index contributed by atoms with van der Waals surface area (Å²) in [5.41, 5.74) is 4.17. The van der Waals surface area contributed by atoms with Crippen LogP contribution >= 0.6 is 0 Å². The lowest BCUT2D eigenvalue weighted by molar-refractivity contribution is -0.137. The van der Waals surface area contributed by atoms with Gasteiger partial charge in [0.25, 0.3) is 11.8 Å². The average Bonchev–Trinajstić information content (AvgIpc) is 2.98. The quantitative estimate of drug-likeness (QED) is 0.266. The molecule has 1 aromatic heterocycles. The number of aryl methyl sites for hydroxylation is 1. The van der Waals surface area contributed by atoms with Crippen molar-refractivity contribution in [3.05, 3.63) is 126 Å². The normalized spacial score (nSPS) is 10.6. The van der Waals surface area contributed by atoms with E-state index in [-0.39, 0.29) is 24.8 Å². The fraction of sp³-hybridized carbons (Fsp3) is 0.188. The largest absolute Gasteiger partial charge is 0.481 e. The van der Waals surface area contributed by atoms with Gasteiger partial charge in [-0.1, -0.05) is 72.8 Å². The Morgan fingerprint density at radius 3 is 2.08 bits per heavy atom. The van der Waals surface area contributed by atoms with Gasteiger partial charge in [-0.2, -0.15) is 0 Å². The molecule has 7 heteroatoms. The first-order chi connectivity index (χ1) is 19.0. The number of aliphatic carboxylic acids is 1. The van der Waals surface area contributed by atoms with E-state index in [1.165, 1.54) is 0 Å². The summed E-state index contributed by atoms with van der Waals surface area (Å²) in [7, 11) is 0. The summed E-state index contributed by atoms with van der Waals surface area (Å²) in [6, 6.07) is 28.0. The van der Waals surface area contributed by atoms with Crippen molar-refractivity contribution in [3.63, 3.8) is 0 Å². The molecule has 0 saturated heterocycles. The number of carbonyl (C=O) groups is 3. The summed E-state index contributed by atoms with van der Waals surface area (Å²) in [6.45, 7) is 0.846. The van der Waals surface area contributed by atoms with Crippen molar-refractivity contribution < 1.29 is 19.5 Å². The highest BCUT2D eigenvalue weighted by atomic mass is 16.4. The van der Waals surface area contributed by atoms with Crippen molar-refractivity contribution in [2.24, 2.45) is 0 Å². The first-order valence-electron chi connectivity index (χ1n) is 12.9. The zero-order valence-corrected chi connectivity index (χ0v) is 21.6. The number of nitrogens with zero attached hydrogens (tertiary/aromatic N) is 2. The van der Waals surface area contributed by atoms with Crippen LogP contribution in [0.2, 0.25) is 0 Å². The van der Waals surface area contributed by atoms with Gasteiger partial charge in [0.05, 0.1) is 6.42 Å². The monoisotopic (exact) mass is 521 g/mol. The molecule has 39 heavy (non-hydrogen) atoms. The van der Waals surface area contributed by atoms with E-state index in [9.17, 15) is 19.5 Å². The van der Waals surface area contributed by atoms with E-state index in [0.717, 1.165) is 17.5 Å². The van der Waals surface area contributed by atoms with Crippen LogP contribution in [0.15, 0.2) is 103 Å². The molecule has 0 aliphatic heterocycles. The van der Waals surface area contributed by atoms with Gasteiger partial charge < -0.3 is 15.3 Å². The maximum atomic E-state index is 13.8. The standard InChI is InChI=1S/C32H31N3O4/c36-30(37)18-21-35(20-9-13-24-10-2-1-3-11-24)32(39)29-17-7-5-15-27(29)26-14-4-6-16-28(26)31(38)34-23-25-12-8-19-33-22-25/h1-8,10-12,14-17,19,22H,9,13,18,20-21,23H2,(H,34,38)(H,36,37). The van der Waals surface area contributed by atoms with Crippen molar-refractivity contribution in [2.45, 2.75) is 25.8 Å². The van der Waals surface area contributed by atoms with Crippen molar-refractivity contribution in [2.75, 3.05) is 13.1 Å². The summed E-state index contributed by atoms with van der Waals surface area (Å²) in [5.74, 6) is -1.48. The second-order valence-electron chi connectivity index (χ2n) is 9.16. The predicted molar refractivity (Wildman–Crippen MR) is 150 cm³/mol. The van der Waals surface area contributed by atoms with Crippen molar-refractivity contribution in [3.8, 4) is 11.1 Å². The fourth-order valence-electron chi connectivity index (χ4n) is 4.44. The van der Waals surface area contributed by atoms with Gasteiger partial charge in [0.2, 0.25) is 0 Å². The molecule has 0 bridgehead atoms. The molecule has 0 aliphatic carbocycles. The molecule has 0 fully saturated rings. The molecule has 3 aromatic carbocycles. The Bertz CT molecular complexity index is 1410. The number of benzene rings is 3. The first kappa shape index (κ1) is 27.3. The highest BCUT2D eigenvalue weighted by Gasteiger charge is 2.22. The van der Waals surface area contributed by atoms with Crippen molar-refractivity contribution in [1.29, 1.82) is 0 Å². The lowest BCUT2D eigenvalue weighted by Crippen LogP contribution is -2.34. The number of nitrogens with one attached hydrogen (secondary N) is 1. The maximum absolute atomic E-state index is 13.8. The molecule has 0 aliphatic rings. The first-order valence-corrected chi connectivity index (χ1v) is 12.9. The van der Waals surface area contributed by atoms with E-state index in [4.69, 9.17) is 0 Å². The Morgan fingerprint density at radius 2 is 1.38 bits per heavy atom. The van der Waals surface area contributed by atoms with E-state index < -0.39 is 5.97 Å². The molecule has 0 saturated carbocycles. The molecule has 4 aromatic rings. The summed E-state index contributed by atoms with van der Waals surface area (Å²) in [6.07, 6.45) is 4.70. The molecule has 0 radical (unpaired) electrons. The van der Waals surface area contributed by atoms with Crippen LogP contribution in [0.25, 0.3) is 11.1 Å². The number of amides is 2. The number of carboxylic acid groups (broad SMARTS) is 1. The molecular formula is C32H31N3O4. The number of aromatic nitrogens is 1. The van der Waals surface area contributed by atoms with Gasteiger partial charge in [0.15, 0.2) is 0 Å². The smallest absolute Gasteiger partial charge is 0.305 e. The minimum absolute atomic E-state index is 0.102. The Balaban J connectivity index is 1.57. The number of hydrogen-bond acceptors (Lipinski definition) is 4. The van der Waals surface area contributed by atoms with E-state index in [2.05, 4.69) is 10.3 Å². The molecule has 198 valence electrons. The van der Waals surface area contributed by atoms with E-state index in [0.29, 0.717) is 41.8 Å². The predicted octanol–water partition coefficient (Wildman–Crippen LogP) is 5.23. The highest BCUT2D eigenvalue weighted by Crippen LogP contribution is 2.28. The summed E-state index contributed by atoms with van der Waals surface area (Å²) in [5, 5.41) is 12.2. The SMILES string of the molecule is O=C(O)CCN(CCCc1ccccc1)C(=O)c1ccccc1-c1ccccc1C(=O)NCc1cccnc1. The van der Waals surface area contributed by atoms with Crippen LogP contribution in [0.4, 0.5) is 0 Å². The molecule has 0 unspecified atom stereocenters. The van der Waals surface area contributed by atoms with Gasteiger partial charge >= 0.3 is 5.97 Å². The van der Waals surface area contributed by atoms with Crippen LogP contribution in [0.1, 0.15) is 44.7 Å². The van der Waals surface area contributed by atoms with E-state index in [1.54, 1.807) is 41.6 Å². The van der Waals surface area contributed by atoms with Crippen molar-refractivity contribution >= 4 is 17.8 Å². The third-order valence-electron chi connectivity index (χ3n) is 6.41. The Hall–Kier alpha value is -4.78. The van der Waals surface area contributed by atoms with Crippen LogP contribution in [0.3, 0.4) is 0 Å². The summed E-state index contributed by atoms with van der Waals surface area (Å²) >= 11 is 0. The van der Waals surface area contributed by atoms with E-state index >= 15 is 0 Å². The van der Waals surface area contributed by atoms with Crippen LogP contribution in [0.5, 0.6) is 0 Å². The van der Waals surface area contributed by atoms with Crippen LogP contribution < -0.4 is 5.32 Å². The molecule has 2 N–H and O–H groups in total. The Labute approximate surface area is 228 Å². The fourth-order valence-corrected chi connectivity index (χ4v) is 4.44. The lowest BCUT2D eigenvalue weighted by atomic mass is 9.94. The Morgan fingerprint density at radius 1 is 0.744 bits per heavy atom. The average molecular weight is 522 g/mol. The highest BCUT2D eigenvalue weighted by molar-refractivity contribution is 6.06. The Kier molecular flexibility index (Phi) is 9.56. The maximum Gasteiger partial charge on any atom is 0.305 e. The zero-order valence-electron chi connectivity index (χ0n) is 21.6. The van der Waals surface area contributed by atoms with Gasteiger partial charge in [-0.05, 0) is 53.3 Å².